The minimum Gasteiger partial charge on any atom is -0.367 e. The average Bonchev–Trinajstić information content (AvgIpc) is 2.45. The van der Waals surface area contributed by atoms with Gasteiger partial charge in [0.1, 0.15) is 15.7 Å². The standard InChI is InChI=1S/C14H20F3N3O2S/c1-23(21,22)9-8-20-6-4-12(5-7-20)19-13-3-2-11(10-18-13)14(15,16)17/h2-3,10,12H,4-9H2,1H3,(H,18,19). The molecule has 1 fully saturated rings. The van der Waals surface area contributed by atoms with Crippen LogP contribution in [0.15, 0.2) is 18.3 Å². The topological polar surface area (TPSA) is 62.3 Å². The number of aromatic nitrogens is 1. The van der Waals surface area contributed by atoms with Crippen molar-refractivity contribution < 1.29 is 21.6 Å². The summed E-state index contributed by atoms with van der Waals surface area (Å²) in [6.45, 7) is 2.03. The number of rotatable bonds is 5. The molecule has 0 amide bonds. The lowest BCUT2D eigenvalue weighted by atomic mass is 10.1. The highest BCUT2D eigenvalue weighted by atomic mass is 32.2. The predicted molar refractivity (Wildman–Crippen MR) is 82.0 cm³/mol. The van der Waals surface area contributed by atoms with Crippen LogP contribution in [-0.4, -0.2) is 56.0 Å². The van der Waals surface area contributed by atoms with Crippen LogP contribution in [0.25, 0.3) is 0 Å². The van der Waals surface area contributed by atoms with E-state index in [0.717, 1.165) is 38.2 Å². The van der Waals surface area contributed by atoms with E-state index >= 15 is 0 Å². The van der Waals surface area contributed by atoms with Crippen LogP contribution in [-0.2, 0) is 16.0 Å². The van der Waals surface area contributed by atoms with Crippen molar-refractivity contribution in [2.75, 3.05) is 37.0 Å². The molecule has 5 nitrogen and oxygen atoms in total. The van der Waals surface area contributed by atoms with Crippen LogP contribution < -0.4 is 5.32 Å². The van der Waals surface area contributed by atoms with Crippen LogP contribution in [0.5, 0.6) is 0 Å². The first-order valence-corrected chi connectivity index (χ1v) is 9.39. The first kappa shape index (κ1) is 18.0. The Morgan fingerprint density at radius 2 is 1.96 bits per heavy atom. The Labute approximate surface area is 133 Å². The van der Waals surface area contributed by atoms with Gasteiger partial charge in [-0.05, 0) is 25.0 Å². The maximum Gasteiger partial charge on any atom is 0.417 e. The van der Waals surface area contributed by atoms with Crippen LogP contribution >= 0.6 is 0 Å². The van der Waals surface area contributed by atoms with E-state index in [1.807, 2.05) is 0 Å². The molecule has 0 unspecified atom stereocenters. The normalized spacial score (nSPS) is 18.1. The summed E-state index contributed by atoms with van der Waals surface area (Å²) in [5.74, 6) is 0.568. The Morgan fingerprint density at radius 1 is 1.30 bits per heavy atom. The summed E-state index contributed by atoms with van der Waals surface area (Å²) in [5.41, 5.74) is -0.765. The van der Waals surface area contributed by atoms with Gasteiger partial charge in [0.25, 0.3) is 0 Å². The van der Waals surface area contributed by atoms with Gasteiger partial charge in [-0.15, -0.1) is 0 Å². The van der Waals surface area contributed by atoms with Gasteiger partial charge in [-0.25, -0.2) is 13.4 Å². The van der Waals surface area contributed by atoms with Crippen molar-refractivity contribution >= 4 is 15.7 Å². The number of hydrogen-bond acceptors (Lipinski definition) is 5. The lowest BCUT2D eigenvalue weighted by molar-refractivity contribution is -0.137. The quantitative estimate of drug-likeness (QED) is 0.879. The second-order valence-electron chi connectivity index (χ2n) is 5.82. The fourth-order valence-corrected chi connectivity index (χ4v) is 3.04. The van der Waals surface area contributed by atoms with Crippen molar-refractivity contribution in [1.82, 2.24) is 9.88 Å². The maximum atomic E-state index is 12.5. The highest BCUT2D eigenvalue weighted by molar-refractivity contribution is 7.90. The molecule has 0 bridgehead atoms. The second-order valence-corrected chi connectivity index (χ2v) is 8.08. The van der Waals surface area contributed by atoms with Gasteiger partial charge in [0, 0.05) is 38.1 Å². The summed E-state index contributed by atoms with van der Waals surface area (Å²) in [6.07, 6.45) is -0.740. The number of anilines is 1. The summed E-state index contributed by atoms with van der Waals surface area (Å²) in [4.78, 5) is 5.89. The number of nitrogens with one attached hydrogen (secondary N) is 1. The van der Waals surface area contributed by atoms with Gasteiger partial charge in [0.15, 0.2) is 0 Å². The Balaban J connectivity index is 1.80. The number of likely N-dealkylation sites (tertiary alicyclic amines) is 1. The molecule has 1 saturated heterocycles. The van der Waals surface area contributed by atoms with Crippen molar-refractivity contribution in [1.29, 1.82) is 0 Å². The van der Waals surface area contributed by atoms with Crippen LogP contribution in [0.3, 0.4) is 0 Å². The van der Waals surface area contributed by atoms with E-state index in [9.17, 15) is 21.6 Å². The van der Waals surface area contributed by atoms with E-state index < -0.39 is 21.6 Å². The molecule has 1 aromatic rings. The largest absolute Gasteiger partial charge is 0.417 e. The van der Waals surface area contributed by atoms with Gasteiger partial charge in [-0.3, -0.25) is 0 Å². The van der Waals surface area contributed by atoms with Crippen LogP contribution in [0.4, 0.5) is 19.0 Å². The molecule has 1 aliphatic rings. The van der Waals surface area contributed by atoms with E-state index in [0.29, 0.717) is 12.4 Å². The minimum absolute atomic E-state index is 0.133. The molecule has 0 radical (unpaired) electrons. The number of nitrogens with zero attached hydrogens (tertiary/aromatic N) is 2. The van der Waals surface area contributed by atoms with E-state index in [-0.39, 0.29) is 11.8 Å². The van der Waals surface area contributed by atoms with Crippen molar-refractivity contribution in [2.24, 2.45) is 0 Å². The third-order valence-electron chi connectivity index (χ3n) is 3.81. The smallest absolute Gasteiger partial charge is 0.367 e. The Morgan fingerprint density at radius 3 is 2.43 bits per heavy atom. The Bertz CT molecular complexity index is 609. The summed E-state index contributed by atoms with van der Waals surface area (Å²) in [7, 11) is -2.96. The molecule has 23 heavy (non-hydrogen) atoms. The lowest BCUT2D eigenvalue weighted by Crippen LogP contribution is -2.41. The number of hydrogen-bond donors (Lipinski definition) is 1. The second kappa shape index (κ2) is 7.04. The minimum atomic E-state index is -4.38. The molecule has 1 aromatic heterocycles. The van der Waals surface area contributed by atoms with E-state index in [4.69, 9.17) is 0 Å². The molecule has 1 aliphatic heterocycles. The van der Waals surface area contributed by atoms with Gasteiger partial charge in [-0.2, -0.15) is 13.2 Å². The fourth-order valence-electron chi connectivity index (χ4n) is 2.45. The number of piperidine rings is 1. The van der Waals surface area contributed by atoms with Crippen LogP contribution in [0.1, 0.15) is 18.4 Å². The molecule has 2 rings (SSSR count). The number of alkyl halides is 3. The van der Waals surface area contributed by atoms with Gasteiger partial charge in [-0.1, -0.05) is 0 Å². The maximum absolute atomic E-state index is 12.5. The zero-order chi connectivity index (χ0) is 17.1. The Kier molecular flexibility index (Phi) is 5.51. The first-order valence-electron chi connectivity index (χ1n) is 7.33. The van der Waals surface area contributed by atoms with Gasteiger partial charge >= 0.3 is 6.18 Å². The van der Waals surface area contributed by atoms with E-state index in [2.05, 4.69) is 15.2 Å². The van der Waals surface area contributed by atoms with Crippen molar-refractivity contribution in [3.8, 4) is 0 Å². The van der Waals surface area contributed by atoms with Crippen molar-refractivity contribution in [2.45, 2.75) is 25.1 Å². The summed E-state index contributed by atoms with van der Waals surface area (Å²) >= 11 is 0. The fraction of sp³-hybridized carbons (Fsp3) is 0.643. The molecule has 2 heterocycles. The van der Waals surface area contributed by atoms with Crippen molar-refractivity contribution in [3.63, 3.8) is 0 Å². The molecule has 0 saturated carbocycles. The third-order valence-corrected chi connectivity index (χ3v) is 4.73. The van der Waals surface area contributed by atoms with Gasteiger partial charge in [0.2, 0.25) is 0 Å². The van der Waals surface area contributed by atoms with Gasteiger partial charge < -0.3 is 10.2 Å². The highest BCUT2D eigenvalue weighted by Gasteiger charge is 2.30. The van der Waals surface area contributed by atoms with E-state index in [1.54, 1.807) is 0 Å². The predicted octanol–water partition coefficient (Wildman–Crippen LogP) is 2.02. The molecule has 130 valence electrons. The molecular formula is C14H20F3N3O2S. The number of sulfone groups is 1. The molecular weight excluding hydrogens is 331 g/mol. The van der Waals surface area contributed by atoms with Crippen LogP contribution in [0.2, 0.25) is 0 Å². The van der Waals surface area contributed by atoms with Crippen LogP contribution in [0, 0.1) is 0 Å². The number of halogens is 3. The van der Waals surface area contributed by atoms with Gasteiger partial charge in [0.05, 0.1) is 11.3 Å². The highest BCUT2D eigenvalue weighted by Crippen LogP contribution is 2.29. The molecule has 0 aliphatic carbocycles. The summed E-state index contributed by atoms with van der Waals surface area (Å²) in [5, 5.41) is 3.13. The first-order chi connectivity index (χ1) is 10.6. The molecule has 0 atom stereocenters. The molecule has 0 spiro atoms. The summed E-state index contributed by atoms with van der Waals surface area (Å²) < 4.78 is 59.7. The van der Waals surface area contributed by atoms with E-state index in [1.165, 1.54) is 12.3 Å². The average molecular weight is 351 g/mol. The summed E-state index contributed by atoms with van der Waals surface area (Å²) in [6, 6.07) is 2.48. The van der Waals surface area contributed by atoms with Crippen molar-refractivity contribution in [3.05, 3.63) is 23.9 Å². The zero-order valence-electron chi connectivity index (χ0n) is 12.8. The third kappa shape index (κ3) is 5.98. The lowest BCUT2D eigenvalue weighted by Gasteiger charge is -2.32. The molecule has 1 N–H and O–H groups in total. The molecule has 0 aromatic carbocycles. The monoisotopic (exact) mass is 351 g/mol. The SMILES string of the molecule is CS(=O)(=O)CCN1CCC(Nc2ccc(C(F)(F)F)cn2)CC1. The zero-order valence-corrected chi connectivity index (χ0v) is 13.6. The number of pyridine rings is 1. The molecule has 9 heteroatoms. The Hall–Kier alpha value is -1.35.